The second kappa shape index (κ2) is 8.35. The highest BCUT2D eigenvalue weighted by atomic mass is 16.6. The van der Waals surface area contributed by atoms with Crippen molar-refractivity contribution in [3.63, 3.8) is 0 Å². The summed E-state index contributed by atoms with van der Waals surface area (Å²) in [6.45, 7) is 5.78. The molecule has 0 saturated carbocycles. The third-order valence-corrected chi connectivity index (χ3v) is 2.89. The summed E-state index contributed by atoms with van der Waals surface area (Å²) in [6.07, 6.45) is 1.03. The smallest absolute Gasteiger partial charge is 0.338 e. The average molecular weight is 278 g/mol. The molecule has 110 valence electrons. The van der Waals surface area contributed by atoms with Gasteiger partial charge in [0, 0.05) is 6.42 Å². The molecule has 1 aromatic rings. The van der Waals surface area contributed by atoms with Crippen molar-refractivity contribution < 1.29 is 19.1 Å². The summed E-state index contributed by atoms with van der Waals surface area (Å²) in [6, 6.07) is 8.83. The van der Waals surface area contributed by atoms with E-state index in [9.17, 15) is 9.59 Å². The van der Waals surface area contributed by atoms with Crippen molar-refractivity contribution in [1.82, 2.24) is 0 Å². The van der Waals surface area contributed by atoms with E-state index in [1.165, 1.54) is 0 Å². The Labute approximate surface area is 120 Å². The maximum Gasteiger partial charge on any atom is 0.338 e. The Morgan fingerprint density at radius 3 is 2.35 bits per heavy atom. The van der Waals surface area contributed by atoms with Gasteiger partial charge in [-0.1, -0.05) is 39.0 Å². The van der Waals surface area contributed by atoms with Crippen LogP contribution in [0, 0.1) is 5.92 Å². The molecule has 1 atom stereocenters. The Morgan fingerprint density at radius 1 is 1.15 bits per heavy atom. The van der Waals surface area contributed by atoms with Gasteiger partial charge in [-0.05, 0) is 18.6 Å². The average Bonchev–Trinajstić information content (AvgIpc) is 2.46. The lowest BCUT2D eigenvalue weighted by atomic mass is 10.2. The van der Waals surface area contributed by atoms with Crippen LogP contribution in [-0.2, 0) is 14.3 Å². The van der Waals surface area contributed by atoms with Gasteiger partial charge in [0.15, 0.2) is 0 Å². The molecular formula is C16H22O4. The highest BCUT2D eigenvalue weighted by molar-refractivity contribution is 5.89. The number of hydrogen-bond acceptors (Lipinski definition) is 4. The van der Waals surface area contributed by atoms with E-state index in [4.69, 9.17) is 9.47 Å². The molecule has 0 aliphatic carbocycles. The third kappa shape index (κ3) is 5.43. The molecule has 0 saturated heterocycles. The minimum atomic E-state index is -0.351. The lowest BCUT2D eigenvalue weighted by molar-refractivity contribution is -0.153. The molecule has 0 fully saturated rings. The van der Waals surface area contributed by atoms with E-state index in [0.29, 0.717) is 18.4 Å². The normalized spacial score (nSPS) is 12.0. The summed E-state index contributed by atoms with van der Waals surface area (Å²) in [5, 5.41) is 0. The Morgan fingerprint density at radius 2 is 1.80 bits per heavy atom. The molecule has 0 aliphatic rings. The molecule has 0 radical (unpaired) electrons. The summed E-state index contributed by atoms with van der Waals surface area (Å²) in [4.78, 5) is 23.2. The molecule has 1 unspecified atom stereocenters. The summed E-state index contributed by atoms with van der Waals surface area (Å²) in [7, 11) is 0. The van der Waals surface area contributed by atoms with Crippen molar-refractivity contribution >= 4 is 11.9 Å². The van der Waals surface area contributed by atoms with Gasteiger partial charge in [-0.15, -0.1) is 0 Å². The van der Waals surface area contributed by atoms with Crippen LogP contribution in [0.3, 0.4) is 0 Å². The predicted molar refractivity (Wildman–Crippen MR) is 76.4 cm³/mol. The molecule has 4 nitrogen and oxygen atoms in total. The number of ether oxygens (including phenoxy) is 2. The fraction of sp³-hybridized carbons (Fsp3) is 0.500. The Balaban J connectivity index is 2.35. The molecule has 0 N–H and O–H groups in total. The minimum Gasteiger partial charge on any atom is -0.462 e. The molecule has 20 heavy (non-hydrogen) atoms. The van der Waals surface area contributed by atoms with Crippen LogP contribution in [0.2, 0.25) is 0 Å². The van der Waals surface area contributed by atoms with Crippen LogP contribution in [0.1, 0.15) is 44.0 Å². The zero-order valence-electron chi connectivity index (χ0n) is 12.3. The fourth-order valence-electron chi connectivity index (χ4n) is 1.59. The van der Waals surface area contributed by atoms with E-state index in [2.05, 4.69) is 0 Å². The molecule has 0 aliphatic heterocycles. The van der Waals surface area contributed by atoms with E-state index in [1.54, 1.807) is 38.1 Å². The Kier molecular flexibility index (Phi) is 6.77. The van der Waals surface area contributed by atoms with E-state index in [0.717, 1.165) is 0 Å². The molecule has 1 aromatic carbocycles. The van der Waals surface area contributed by atoms with Crippen molar-refractivity contribution in [3.8, 4) is 0 Å². The number of benzene rings is 1. The van der Waals surface area contributed by atoms with Crippen LogP contribution in [0.5, 0.6) is 0 Å². The van der Waals surface area contributed by atoms with E-state index >= 15 is 0 Å². The molecular weight excluding hydrogens is 256 g/mol. The van der Waals surface area contributed by atoms with Crippen molar-refractivity contribution in [2.24, 2.45) is 5.92 Å². The first-order valence-corrected chi connectivity index (χ1v) is 6.97. The number of hydrogen-bond donors (Lipinski definition) is 0. The SMILES string of the molecule is CCC(CCOC(=O)c1ccccc1)OC(=O)C(C)C. The third-order valence-electron chi connectivity index (χ3n) is 2.89. The van der Waals surface area contributed by atoms with Gasteiger partial charge in [0.1, 0.15) is 6.10 Å². The topological polar surface area (TPSA) is 52.6 Å². The van der Waals surface area contributed by atoms with Gasteiger partial charge < -0.3 is 9.47 Å². The van der Waals surface area contributed by atoms with Crippen molar-refractivity contribution in [2.75, 3.05) is 6.61 Å². The zero-order chi connectivity index (χ0) is 15.0. The summed E-state index contributed by atoms with van der Waals surface area (Å²) in [5.41, 5.74) is 0.528. The van der Waals surface area contributed by atoms with Gasteiger partial charge in [-0.2, -0.15) is 0 Å². The number of carbonyl (C=O) groups is 2. The molecule has 1 rings (SSSR count). The molecule has 0 bridgehead atoms. The largest absolute Gasteiger partial charge is 0.462 e. The molecule has 0 aromatic heterocycles. The Bertz CT molecular complexity index is 425. The summed E-state index contributed by atoms with van der Waals surface area (Å²) in [5.74, 6) is -0.710. The molecule has 0 amide bonds. The van der Waals surface area contributed by atoms with Gasteiger partial charge in [0.2, 0.25) is 0 Å². The minimum absolute atomic E-state index is 0.143. The number of rotatable bonds is 7. The first-order chi connectivity index (χ1) is 9.54. The molecule has 0 heterocycles. The zero-order valence-corrected chi connectivity index (χ0v) is 12.3. The summed E-state index contributed by atoms with van der Waals surface area (Å²) < 4.78 is 10.5. The lowest BCUT2D eigenvalue weighted by Gasteiger charge is -2.17. The summed E-state index contributed by atoms with van der Waals surface area (Å²) >= 11 is 0. The highest BCUT2D eigenvalue weighted by Crippen LogP contribution is 2.09. The van der Waals surface area contributed by atoms with Crippen molar-refractivity contribution in [1.29, 1.82) is 0 Å². The predicted octanol–water partition coefficient (Wildman–Crippen LogP) is 3.21. The highest BCUT2D eigenvalue weighted by Gasteiger charge is 2.16. The first kappa shape index (κ1) is 16.2. The van der Waals surface area contributed by atoms with Gasteiger partial charge in [-0.3, -0.25) is 4.79 Å². The van der Waals surface area contributed by atoms with Crippen LogP contribution >= 0.6 is 0 Å². The van der Waals surface area contributed by atoms with Gasteiger partial charge in [0.05, 0.1) is 18.1 Å². The standard InChI is InChI=1S/C16H22O4/c1-4-14(20-15(17)12(2)3)10-11-19-16(18)13-8-6-5-7-9-13/h5-9,12,14H,4,10-11H2,1-3H3. The van der Waals surface area contributed by atoms with Crippen LogP contribution in [0.15, 0.2) is 30.3 Å². The van der Waals surface area contributed by atoms with E-state index in [-0.39, 0.29) is 30.6 Å². The molecule has 0 spiro atoms. The van der Waals surface area contributed by atoms with Crippen LogP contribution < -0.4 is 0 Å². The first-order valence-electron chi connectivity index (χ1n) is 6.97. The second-order valence-corrected chi connectivity index (χ2v) is 4.91. The monoisotopic (exact) mass is 278 g/mol. The van der Waals surface area contributed by atoms with Crippen molar-refractivity contribution in [3.05, 3.63) is 35.9 Å². The second-order valence-electron chi connectivity index (χ2n) is 4.91. The number of esters is 2. The van der Waals surface area contributed by atoms with Crippen LogP contribution in [-0.4, -0.2) is 24.6 Å². The quantitative estimate of drug-likeness (QED) is 0.719. The van der Waals surface area contributed by atoms with Crippen molar-refractivity contribution in [2.45, 2.75) is 39.7 Å². The van der Waals surface area contributed by atoms with Crippen LogP contribution in [0.4, 0.5) is 0 Å². The fourth-order valence-corrected chi connectivity index (χ4v) is 1.59. The molecule has 4 heteroatoms. The van der Waals surface area contributed by atoms with Gasteiger partial charge in [0.25, 0.3) is 0 Å². The number of carbonyl (C=O) groups excluding carboxylic acids is 2. The lowest BCUT2D eigenvalue weighted by Crippen LogP contribution is -2.23. The Hall–Kier alpha value is -1.84. The maximum absolute atomic E-state index is 11.7. The van der Waals surface area contributed by atoms with Gasteiger partial charge in [-0.25, -0.2) is 4.79 Å². The van der Waals surface area contributed by atoms with E-state index < -0.39 is 0 Å². The maximum atomic E-state index is 11.7. The van der Waals surface area contributed by atoms with Crippen LogP contribution in [0.25, 0.3) is 0 Å². The van der Waals surface area contributed by atoms with E-state index in [1.807, 2.05) is 13.0 Å². The van der Waals surface area contributed by atoms with Gasteiger partial charge >= 0.3 is 11.9 Å².